The van der Waals surface area contributed by atoms with Gasteiger partial charge in [-0.3, -0.25) is 9.78 Å². The maximum atomic E-state index is 14.0. The van der Waals surface area contributed by atoms with Gasteiger partial charge in [-0.2, -0.15) is 0 Å². The first-order valence-corrected chi connectivity index (χ1v) is 10.9. The molecule has 3 aromatic rings. The molecule has 2 heterocycles. The van der Waals surface area contributed by atoms with Crippen LogP contribution >= 0.6 is 11.3 Å². The summed E-state index contributed by atoms with van der Waals surface area (Å²) in [6, 6.07) is 5.59. The van der Waals surface area contributed by atoms with Crippen LogP contribution in [0.2, 0.25) is 0 Å². The predicted molar refractivity (Wildman–Crippen MR) is 113 cm³/mol. The molecule has 5 rings (SSSR count). The standard InChI is InChI=1S/C22H20F2N4O2S/c23-14-2-1-3-15(24)19(14)21-28-17(11-31-21)20(29)27-16-10-26-5-4-18(16)30-13-8-22(9-13)6-12(25)7-22/h1-5,10-13H,6-9,25H2,(H,27,29). The number of aromatic nitrogens is 2. The molecule has 0 bridgehead atoms. The van der Waals surface area contributed by atoms with Crippen molar-refractivity contribution in [2.45, 2.75) is 37.8 Å². The Morgan fingerprint density at radius 2 is 1.94 bits per heavy atom. The summed E-state index contributed by atoms with van der Waals surface area (Å²) in [5, 5.41) is 4.30. The summed E-state index contributed by atoms with van der Waals surface area (Å²) in [7, 11) is 0. The molecule has 2 aliphatic rings. The fourth-order valence-electron chi connectivity index (χ4n) is 4.51. The SMILES string of the molecule is NC1CC2(C1)CC(Oc1ccncc1NC(=O)c1csc(-c3c(F)cccc3F)n1)C2. The number of ether oxygens (including phenoxy) is 1. The smallest absolute Gasteiger partial charge is 0.275 e. The Kier molecular flexibility index (Phi) is 4.94. The quantitative estimate of drug-likeness (QED) is 0.612. The average Bonchev–Trinajstić information content (AvgIpc) is 3.16. The van der Waals surface area contributed by atoms with Crippen molar-refractivity contribution in [1.82, 2.24) is 9.97 Å². The van der Waals surface area contributed by atoms with E-state index in [2.05, 4.69) is 15.3 Å². The van der Waals surface area contributed by atoms with E-state index >= 15 is 0 Å². The zero-order valence-corrected chi connectivity index (χ0v) is 17.3. The van der Waals surface area contributed by atoms with E-state index in [1.54, 1.807) is 12.3 Å². The summed E-state index contributed by atoms with van der Waals surface area (Å²) in [6.45, 7) is 0. The van der Waals surface area contributed by atoms with Crippen LogP contribution in [0.15, 0.2) is 42.0 Å². The van der Waals surface area contributed by atoms with Crippen LogP contribution < -0.4 is 15.8 Å². The normalized spacial score (nSPS) is 24.4. The number of benzene rings is 1. The van der Waals surface area contributed by atoms with Gasteiger partial charge in [-0.15, -0.1) is 11.3 Å². The van der Waals surface area contributed by atoms with E-state index in [4.69, 9.17) is 10.5 Å². The maximum Gasteiger partial charge on any atom is 0.275 e. The molecule has 160 valence electrons. The Bertz CT molecular complexity index is 1120. The molecule has 0 aliphatic heterocycles. The minimum Gasteiger partial charge on any atom is -0.488 e. The lowest BCUT2D eigenvalue weighted by molar-refractivity contribution is -0.0779. The number of anilines is 1. The van der Waals surface area contributed by atoms with Gasteiger partial charge in [0.1, 0.15) is 33.8 Å². The van der Waals surface area contributed by atoms with E-state index in [0.717, 1.165) is 49.2 Å². The molecule has 0 radical (unpaired) electrons. The van der Waals surface area contributed by atoms with Gasteiger partial charge in [-0.1, -0.05) is 6.07 Å². The number of rotatable bonds is 5. The molecule has 2 aromatic heterocycles. The second-order valence-corrected chi connectivity index (χ2v) is 9.14. The third-order valence-corrected chi connectivity index (χ3v) is 6.81. The van der Waals surface area contributed by atoms with Gasteiger partial charge in [-0.05, 0) is 43.2 Å². The number of hydrogen-bond donors (Lipinski definition) is 2. The van der Waals surface area contributed by atoms with Crippen molar-refractivity contribution >= 4 is 22.9 Å². The van der Waals surface area contributed by atoms with Crippen molar-refractivity contribution in [3.05, 3.63) is 59.4 Å². The number of hydrogen-bond acceptors (Lipinski definition) is 6. The lowest BCUT2D eigenvalue weighted by atomic mass is 9.53. The zero-order chi connectivity index (χ0) is 21.6. The van der Waals surface area contributed by atoms with Crippen LogP contribution in [-0.2, 0) is 0 Å². The molecule has 2 aliphatic carbocycles. The molecule has 6 nitrogen and oxygen atoms in total. The van der Waals surface area contributed by atoms with Gasteiger partial charge in [0.05, 0.1) is 17.9 Å². The lowest BCUT2D eigenvalue weighted by Gasteiger charge is -2.56. The molecular formula is C22H20F2N4O2S. The summed E-state index contributed by atoms with van der Waals surface area (Å²) in [5.74, 6) is -1.43. The fraction of sp³-hybridized carbons (Fsp3) is 0.318. The third kappa shape index (κ3) is 3.79. The summed E-state index contributed by atoms with van der Waals surface area (Å²) in [5.41, 5.74) is 6.48. The van der Waals surface area contributed by atoms with Gasteiger partial charge in [0.15, 0.2) is 0 Å². The number of nitrogens with two attached hydrogens (primary N) is 1. The Morgan fingerprint density at radius 3 is 2.65 bits per heavy atom. The number of carbonyl (C=O) groups excluding carboxylic acids is 1. The molecule has 9 heteroatoms. The van der Waals surface area contributed by atoms with Crippen molar-refractivity contribution in [2.75, 3.05) is 5.32 Å². The lowest BCUT2D eigenvalue weighted by Crippen LogP contribution is -2.56. The van der Waals surface area contributed by atoms with Gasteiger partial charge in [0.25, 0.3) is 5.91 Å². The first kappa shape index (κ1) is 20.0. The van der Waals surface area contributed by atoms with Gasteiger partial charge >= 0.3 is 0 Å². The Labute approximate surface area is 181 Å². The minimum atomic E-state index is -0.727. The van der Waals surface area contributed by atoms with Crippen molar-refractivity contribution < 1.29 is 18.3 Å². The van der Waals surface area contributed by atoms with Crippen molar-refractivity contribution in [3.63, 3.8) is 0 Å². The molecule has 31 heavy (non-hydrogen) atoms. The molecule has 0 unspecified atom stereocenters. The Morgan fingerprint density at radius 1 is 1.19 bits per heavy atom. The number of halogens is 2. The van der Waals surface area contributed by atoms with Crippen molar-refractivity contribution in [1.29, 1.82) is 0 Å². The molecule has 0 saturated heterocycles. The van der Waals surface area contributed by atoms with Crippen LogP contribution in [0.3, 0.4) is 0 Å². The molecule has 1 spiro atoms. The molecule has 2 fully saturated rings. The summed E-state index contributed by atoms with van der Waals surface area (Å²) in [4.78, 5) is 20.9. The van der Waals surface area contributed by atoms with Crippen LogP contribution in [0.4, 0.5) is 14.5 Å². The van der Waals surface area contributed by atoms with Crippen LogP contribution in [0.5, 0.6) is 5.75 Å². The third-order valence-electron chi connectivity index (χ3n) is 5.95. The number of nitrogens with one attached hydrogen (secondary N) is 1. The largest absolute Gasteiger partial charge is 0.488 e. The Balaban J connectivity index is 1.28. The van der Waals surface area contributed by atoms with Gasteiger partial charge < -0.3 is 15.8 Å². The second-order valence-electron chi connectivity index (χ2n) is 8.28. The van der Waals surface area contributed by atoms with Crippen molar-refractivity contribution in [3.8, 4) is 16.3 Å². The van der Waals surface area contributed by atoms with Gasteiger partial charge in [0, 0.05) is 23.7 Å². The van der Waals surface area contributed by atoms with Gasteiger partial charge in [0.2, 0.25) is 0 Å². The fourth-order valence-corrected chi connectivity index (χ4v) is 5.36. The average molecular weight is 442 g/mol. The van der Waals surface area contributed by atoms with Crippen LogP contribution in [0.25, 0.3) is 10.6 Å². The number of pyridine rings is 1. The van der Waals surface area contributed by atoms with Crippen LogP contribution in [0.1, 0.15) is 36.2 Å². The highest BCUT2D eigenvalue weighted by molar-refractivity contribution is 7.13. The molecule has 1 aromatic carbocycles. The predicted octanol–water partition coefficient (Wildman–Crippen LogP) is 4.38. The maximum absolute atomic E-state index is 14.0. The van der Waals surface area contributed by atoms with Crippen molar-refractivity contribution in [2.24, 2.45) is 11.1 Å². The summed E-state index contributed by atoms with van der Waals surface area (Å²) < 4.78 is 34.1. The first-order chi connectivity index (χ1) is 14.9. The number of amides is 1. The number of nitrogens with zero attached hydrogens (tertiary/aromatic N) is 2. The molecular weight excluding hydrogens is 422 g/mol. The van der Waals surface area contributed by atoms with E-state index < -0.39 is 17.5 Å². The molecule has 2 saturated carbocycles. The summed E-state index contributed by atoms with van der Waals surface area (Å²) >= 11 is 0.997. The van der Waals surface area contributed by atoms with E-state index in [1.807, 2.05) is 0 Å². The topological polar surface area (TPSA) is 90.1 Å². The van der Waals surface area contributed by atoms with E-state index in [-0.39, 0.29) is 22.4 Å². The summed E-state index contributed by atoms with van der Waals surface area (Å²) in [6.07, 6.45) is 7.19. The zero-order valence-electron chi connectivity index (χ0n) is 16.5. The van der Waals surface area contributed by atoms with Crippen LogP contribution in [-0.4, -0.2) is 28.0 Å². The first-order valence-electron chi connectivity index (χ1n) is 10.00. The highest BCUT2D eigenvalue weighted by Gasteiger charge is 2.52. The van der Waals surface area contributed by atoms with E-state index in [1.165, 1.54) is 17.6 Å². The van der Waals surface area contributed by atoms with Gasteiger partial charge in [-0.25, -0.2) is 13.8 Å². The molecule has 1 amide bonds. The van der Waals surface area contributed by atoms with Crippen LogP contribution in [0, 0.1) is 17.0 Å². The monoisotopic (exact) mass is 442 g/mol. The number of carbonyl (C=O) groups is 1. The minimum absolute atomic E-state index is 0.0588. The van der Waals surface area contributed by atoms with E-state index in [9.17, 15) is 13.6 Å². The Hall–Kier alpha value is -2.91. The second kappa shape index (κ2) is 7.65. The highest BCUT2D eigenvalue weighted by Crippen LogP contribution is 2.56. The number of thiazole rings is 1. The van der Waals surface area contributed by atoms with E-state index in [0.29, 0.717) is 22.9 Å². The highest BCUT2D eigenvalue weighted by atomic mass is 32.1. The molecule has 3 N–H and O–H groups in total. The molecule has 0 atom stereocenters.